The van der Waals surface area contributed by atoms with Crippen LogP contribution in [0.3, 0.4) is 0 Å². The van der Waals surface area contributed by atoms with Crippen molar-refractivity contribution >= 4 is 17.5 Å². The summed E-state index contributed by atoms with van der Waals surface area (Å²) in [6.45, 7) is 7.55. The molecule has 0 saturated carbocycles. The first-order valence-electron chi connectivity index (χ1n) is 8.62. The van der Waals surface area contributed by atoms with Crippen molar-refractivity contribution in [1.29, 1.82) is 0 Å². The maximum Gasteiger partial charge on any atom is 0.255 e. The van der Waals surface area contributed by atoms with Gasteiger partial charge in [0.15, 0.2) is 0 Å². The van der Waals surface area contributed by atoms with E-state index < -0.39 is 0 Å². The first kappa shape index (κ1) is 16.6. The van der Waals surface area contributed by atoms with E-state index in [-0.39, 0.29) is 17.6 Å². The quantitative estimate of drug-likeness (QED) is 0.764. The van der Waals surface area contributed by atoms with Crippen LogP contribution in [0.15, 0.2) is 58.8 Å². The van der Waals surface area contributed by atoms with Crippen LogP contribution in [0, 0.1) is 5.92 Å². The molecule has 0 bridgehead atoms. The predicted octanol–water partition coefficient (Wildman–Crippen LogP) is 3.14. The minimum atomic E-state index is -0.205. The number of hydrogen-bond acceptors (Lipinski definition) is 3. The van der Waals surface area contributed by atoms with Gasteiger partial charge in [-0.05, 0) is 66.8 Å². The lowest BCUT2D eigenvalue weighted by Gasteiger charge is -2.28. The number of allylic oxidation sites excluding steroid dienone is 2. The molecule has 0 radical (unpaired) electrons. The van der Waals surface area contributed by atoms with E-state index in [0.717, 1.165) is 12.2 Å². The topological polar surface area (TPSA) is 53.2 Å². The lowest BCUT2D eigenvalue weighted by Crippen LogP contribution is -2.53. The van der Waals surface area contributed by atoms with E-state index in [1.165, 1.54) is 16.7 Å². The van der Waals surface area contributed by atoms with Crippen LogP contribution >= 0.6 is 11.6 Å². The van der Waals surface area contributed by atoms with Crippen LogP contribution in [0.2, 0.25) is 5.02 Å². The fourth-order valence-corrected chi connectivity index (χ4v) is 4.35. The highest BCUT2D eigenvalue weighted by atomic mass is 35.5. The summed E-state index contributed by atoms with van der Waals surface area (Å²) in [5, 5.41) is 11.0. The Morgan fingerprint density at radius 3 is 2.72 bits per heavy atom. The summed E-state index contributed by atoms with van der Waals surface area (Å²) in [5.74, 6) is 0.359. The van der Waals surface area contributed by atoms with Crippen molar-refractivity contribution in [2.45, 2.75) is 32.5 Å². The van der Waals surface area contributed by atoms with Crippen LogP contribution in [-0.2, 0) is 0 Å². The molecule has 2 aliphatic heterocycles. The Bertz CT molecular complexity index is 837. The Balaban J connectivity index is 1.64. The van der Waals surface area contributed by atoms with Crippen LogP contribution in [0.25, 0.3) is 0 Å². The first-order valence-corrected chi connectivity index (χ1v) is 9.00. The predicted molar refractivity (Wildman–Crippen MR) is 100 cm³/mol. The molecule has 1 aliphatic carbocycles. The van der Waals surface area contributed by atoms with Gasteiger partial charge in [0, 0.05) is 22.8 Å². The number of carbonyl (C=O) groups is 1. The van der Waals surface area contributed by atoms with Gasteiger partial charge in [0.05, 0.1) is 11.7 Å². The maximum absolute atomic E-state index is 12.6. The van der Waals surface area contributed by atoms with Crippen LogP contribution in [0.4, 0.5) is 0 Å². The number of nitrogens with one attached hydrogen (secondary N) is 3. The van der Waals surface area contributed by atoms with Gasteiger partial charge in [-0.15, -0.1) is 0 Å². The first-order chi connectivity index (χ1) is 11.9. The van der Waals surface area contributed by atoms with E-state index in [9.17, 15) is 4.79 Å². The molecule has 1 fully saturated rings. The monoisotopic (exact) mass is 355 g/mol. The summed E-state index contributed by atoms with van der Waals surface area (Å²) in [6, 6.07) is 6.95. The molecule has 3 atom stereocenters. The Kier molecular flexibility index (Phi) is 3.87. The number of benzene rings is 1. The Labute approximate surface area is 153 Å². The number of amides is 1. The zero-order valence-corrected chi connectivity index (χ0v) is 15.4. The highest BCUT2D eigenvalue weighted by Gasteiger charge is 2.49. The van der Waals surface area contributed by atoms with Crippen molar-refractivity contribution in [3.63, 3.8) is 0 Å². The summed E-state index contributed by atoms with van der Waals surface area (Å²) >= 11 is 5.91. The third-order valence-electron chi connectivity index (χ3n) is 5.42. The average molecular weight is 356 g/mol. The Hall–Kier alpha value is -1.88. The van der Waals surface area contributed by atoms with E-state index in [1.54, 1.807) is 24.3 Å². The average Bonchev–Trinajstić information content (AvgIpc) is 3.04. The van der Waals surface area contributed by atoms with Crippen LogP contribution in [-0.4, -0.2) is 24.2 Å². The summed E-state index contributed by atoms with van der Waals surface area (Å²) in [4.78, 5) is 12.6. The van der Waals surface area contributed by atoms with Crippen LogP contribution in [0.1, 0.15) is 31.1 Å². The molecular formula is C20H22ClN3O. The van der Waals surface area contributed by atoms with Crippen molar-refractivity contribution in [1.82, 2.24) is 16.0 Å². The smallest absolute Gasteiger partial charge is 0.255 e. The lowest BCUT2D eigenvalue weighted by molar-refractivity contribution is 0.0963. The molecule has 1 saturated heterocycles. The highest BCUT2D eigenvalue weighted by molar-refractivity contribution is 6.30. The van der Waals surface area contributed by atoms with Crippen LogP contribution in [0.5, 0.6) is 0 Å². The van der Waals surface area contributed by atoms with Gasteiger partial charge in [-0.25, -0.2) is 0 Å². The van der Waals surface area contributed by atoms with Gasteiger partial charge in [0.1, 0.15) is 0 Å². The van der Waals surface area contributed by atoms with Gasteiger partial charge >= 0.3 is 0 Å². The fourth-order valence-electron chi connectivity index (χ4n) is 4.22. The lowest BCUT2D eigenvalue weighted by atomic mass is 9.86. The Morgan fingerprint density at radius 1 is 1.28 bits per heavy atom. The second-order valence-electron chi connectivity index (χ2n) is 7.24. The molecule has 4 rings (SSSR count). The van der Waals surface area contributed by atoms with Crippen molar-refractivity contribution in [3.8, 4) is 0 Å². The molecule has 2 heterocycles. The molecule has 1 aromatic carbocycles. The molecule has 1 amide bonds. The minimum absolute atomic E-state index is 0.0106. The van der Waals surface area contributed by atoms with Gasteiger partial charge in [-0.1, -0.05) is 24.6 Å². The molecule has 5 heteroatoms. The normalized spacial score (nSPS) is 30.6. The van der Waals surface area contributed by atoms with E-state index in [1.807, 2.05) is 6.08 Å². The molecule has 0 spiro atoms. The SMILES string of the molecule is CC1=CC=C(NC(=O)c2ccc(Cl)cc2)C2NC3(C)NCC(C)C3=C12. The summed E-state index contributed by atoms with van der Waals surface area (Å²) < 4.78 is 0. The largest absolute Gasteiger partial charge is 0.324 e. The van der Waals surface area contributed by atoms with Gasteiger partial charge < -0.3 is 5.32 Å². The number of fused-ring (bicyclic) bond motifs is 2. The van der Waals surface area contributed by atoms with Crippen molar-refractivity contribution in [3.05, 3.63) is 69.4 Å². The second kappa shape index (κ2) is 5.84. The number of carbonyl (C=O) groups excluding carboxylic acids is 1. The maximum atomic E-state index is 12.6. The molecule has 3 aliphatic rings. The van der Waals surface area contributed by atoms with Gasteiger partial charge in [0.25, 0.3) is 5.91 Å². The van der Waals surface area contributed by atoms with Crippen LogP contribution < -0.4 is 16.0 Å². The van der Waals surface area contributed by atoms with E-state index in [2.05, 4.69) is 42.8 Å². The zero-order valence-electron chi connectivity index (χ0n) is 14.6. The number of rotatable bonds is 2. The molecule has 1 aromatic rings. The third kappa shape index (κ3) is 2.65. The summed E-state index contributed by atoms with van der Waals surface area (Å²) in [7, 11) is 0. The Morgan fingerprint density at radius 2 is 2.00 bits per heavy atom. The molecule has 4 nitrogen and oxygen atoms in total. The van der Waals surface area contributed by atoms with Crippen molar-refractivity contribution in [2.24, 2.45) is 5.92 Å². The molecule has 3 unspecified atom stereocenters. The van der Waals surface area contributed by atoms with E-state index in [0.29, 0.717) is 16.5 Å². The van der Waals surface area contributed by atoms with Crippen molar-refractivity contribution in [2.75, 3.05) is 6.54 Å². The summed E-state index contributed by atoms with van der Waals surface area (Å²) in [5.41, 5.74) is 5.27. The van der Waals surface area contributed by atoms with Gasteiger partial charge in [-0.3, -0.25) is 15.4 Å². The molecule has 130 valence electrons. The third-order valence-corrected chi connectivity index (χ3v) is 5.67. The standard InChI is InChI=1S/C20H22ClN3O/c1-11-4-9-15(23-19(25)13-5-7-14(21)8-6-13)18-16(11)17-12(2)10-22-20(17,3)24-18/h4-9,12,18,22,24H,10H2,1-3H3,(H,23,25). The molecule has 3 N–H and O–H groups in total. The molecular weight excluding hydrogens is 334 g/mol. The molecule has 25 heavy (non-hydrogen) atoms. The van der Waals surface area contributed by atoms with Gasteiger partial charge in [0.2, 0.25) is 0 Å². The second-order valence-corrected chi connectivity index (χ2v) is 7.68. The zero-order chi connectivity index (χ0) is 17.8. The van der Waals surface area contributed by atoms with Crippen molar-refractivity contribution < 1.29 is 4.79 Å². The van der Waals surface area contributed by atoms with Gasteiger partial charge in [-0.2, -0.15) is 0 Å². The fraction of sp³-hybridized carbons (Fsp3) is 0.350. The van der Waals surface area contributed by atoms with E-state index in [4.69, 9.17) is 11.6 Å². The van der Waals surface area contributed by atoms with E-state index >= 15 is 0 Å². The number of halogens is 1. The minimum Gasteiger partial charge on any atom is -0.324 e. The highest BCUT2D eigenvalue weighted by Crippen LogP contribution is 2.43. The summed E-state index contributed by atoms with van der Waals surface area (Å²) in [6.07, 6.45) is 4.09. The molecule has 0 aromatic heterocycles. The number of hydrogen-bond donors (Lipinski definition) is 3.